The molecule has 0 spiro atoms. The van der Waals surface area contributed by atoms with Crippen LogP contribution >= 0.6 is 0 Å². The first-order valence-electron chi connectivity index (χ1n) is 37.8. The zero-order valence-corrected chi connectivity index (χ0v) is 56.2. The summed E-state index contributed by atoms with van der Waals surface area (Å²) in [6, 6.07) is -0.626. The van der Waals surface area contributed by atoms with E-state index in [1.165, 1.54) is 340 Å². The van der Waals surface area contributed by atoms with E-state index >= 15 is 0 Å². The van der Waals surface area contributed by atoms with Crippen LogP contribution in [0, 0.1) is 0 Å². The van der Waals surface area contributed by atoms with Crippen LogP contribution in [-0.2, 0) is 14.3 Å². The average Bonchev–Trinajstić information content (AvgIpc) is 3.49. The van der Waals surface area contributed by atoms with Gasteiger partial charge < -0.3 is 20.3 Å². The van der Waals surface area contributed by atoms with Crippen molar-refractivity contribution in [3.05, 3.63) is 36.5 Å². The second-order valence-corrected chi connectivity index (χ2v) is 26.0. The van der Waals surface area contributed by atoms with Crippen molar-refractivity contribution in [1.82, 2.24) is 5.32 Å². The highest BCUT2D eigenvalue weighted by atomic mass is 16.5. The van der Waals surface area contributed by atoms with Crippen molar-refractivity contribution >= 4 is 11.9 Å². The summed E-state index contributed by atoms with van der Waals surface area (Å²) < 4.78 is 5.49. The van der Waals surface area contributed by atoms with Crippen LogP contribution in [0.5, 0.6) is 0 Å². The van der Waals surface area contributed by atoms with Crippen molar-refractivity contribution in [1.29, 1.82) is 0 Å². The van der Waals surface area contributed by atoms with Gasteiger partial charge in [-0.05, 0) is 64.2 Å². The molecule has 0 aromatic carbocycles. The second-order valence-electron chi connectivity index (χ2n) is 26.0. The van der Waals surface area contributed by atoms with Crippen LogP contribution in [-0.4, -0.2) is 47.4 Å². The lowest BCUT2D eigenvalue weighted by atomic mass is 10.0. The van der Waals surface area contributed by atoms with Gasteiger partial charge in [-0.25, -0.2) is 0 Å². The molecule has 2 unspecified atom stereocenters. The quantitative estimate of drug-likeness (QED) is 0.0320. The molecule has 0 aromatic rings. The smallest absolute Gasteiger partial charge is 0.305 e. The first-order valence-corrected chi connectivity index (χ1v) is 37.8. The maximum Gasteiger partial charge on any atom is 0.305 e. The highest BCUT2D eigenvalue weighted by Gasteiger charge is 2.18. The number of nitrogens with one attached hydrogen (secondary N) is 1. The van der Waals surface area contributed by atoms with Gasteiger partial charge in [0.15, 0.2) is 0 Å². The molecule has 83 heavy (non-hydrogen) atoms. The number of ether oxygens (including phenoxy) is 1. The zero-order chi connectivity index (χ0) is 59.9. The highest BCUT2D eigenvalue weighted by Crippen LogP contribution is 2.19. The molecular weight excluding hydrogens is 1020 g/mol. The van der Waals surface area contributed by atoms with E-state index in [1.807, 2.05) is 6.08 Å². The summed E-state index contributed by atoms with van der Waals surface area (Å²) in [6.45, 7) is 4.91. The number of esters is 1. The molecular formula is C77H147NO5. The van der Waals surface area contributed by atoms with Crippen molar-refractivity contribution in [2.45, 2.75) is 431 Å². The average molecular weight is 1170 g/mol. The summed E-state index contributed by atoms with van der Waals surface area (Å²) in [5.74, 6) is -0.0530. The fraction of sp³-hybridized carbons (Fsp3) is 0.896. The van der Waals surface area contributed by atoms with Crippen LogP contribution in [0.1, 0.15) is 418 Å². The monoisotopic (exact) mass is 1170 g/mol. The van der Waals surface area contributed by atoms with Gasteiger partial charge in [-0.1, -0.05) is 378 Å². The molecule has 0 aromatic heterocycles. The van der Waals surface area contributed by atoms with Crippen LogP contribution in [0.4, 0.5) is 0 Å². The van der Waals surface area contributed by atoms with E-state index in [4.69, 9.17) is 4.74 Å². The lowest BCUT2D eigenvalue weighted by molar-refractivity contribution is -0.143. The van der Waals surface area contributed by atoms with Gasteiger partial charge in [0.25, 0.3) is 0 Å². The maximum atomic E-state index is 12.5. The van der Waals surface area contributed by atoms with Gasteiger partial charge in [0.1, 0.15) is 0 Å². The molecule has 0 aliphatic carbocycles. The van der Waals surface area contributed by atoms with E-state index in [2.05, 4.69) is 43.5 Å². The highest BCUT2D eigenvalue weighted by molar-refractivity contribution is 5.76. The molecule has 0 aliphatic rings. The van der Waals surface area contributed by atoms with Gasteiger partial charge in [0.05, 0.1) is 25.4 Å². The number of hydrogen-bond donors (Lipinski definition) is 3. The van der Waals surface area contributed by atoms with E-state index in [0.29, 0.717) is 19.4 Å². The Bertz CT molecular complexity index is 1340. The number of rotatable bonds is 71. The summed E-state index contributed by atoms with van der Waals surface area (Å²) >= 11 is 0. The largest absolute Gasteiger partial charge is 0.466 e. The van der Waals surface area contributed by atoms with Crippen LogP contribution in [0.2, 0.25) is 0 Å². The number of carbonyl (C=O) groups excluding carboxylic acids is 2. The van der Waals surface area contributed by atoms with Gasteiger partial charge >= 0.3 is 5.97 Å². The Morgan fingerprint density at radius 3 is 0.940 bits per heavy atom. The van der Waals surface area contributed by atoms with Crippen molar-refractivity contribution in [2.24, 2.45) is 0 Å². The fourth-order valence-corrected chi connectivity index (χ4v) is 11.9. The summed E-state index contributed by atoms with van der Waals surface area (Å²) in [6.07, 6.45) is 93.9. The molecule has 0 heterocycles. The summed E-state index contributed by atoms with van der Waals surface area (Å²) in [4.78, 5) is 24.6. The Labute approximate surface area is 519 Å². The first-order chi connectivity index (χ1) is 41.0. The van der Waals surface area contributed by atoms with Crippen molar-refractivity contribution in [3.8, 4) is 0 Å². The summed E-state index contributed by atoms with van der Waals surface area (Å²) in [7, 11) is 0. The molecule has 490 valence electrons. The van der Waals surface area contributed by atoms with E-state index in [9.17, 15) is 19.8 Å². The standard InChI is InChI=1S/C77H147NO5/c1-3-5-7-9-11-13-15-17-19-20-21-35-38-42-45-49-53-57-61-65-69-75(80)74(73-79)78-76(81)70-66-62-58-54-50-46-43-39-36-33-31-29-27-25-23-22-24-26-28-30-32-34-37-40-44-48-52-56-60-64-68-72-83-77(82)71-67-63-59-55-51-47-41-18-16-14-12-10-8-6-4-2/h12,14,18,41,65,69,74-75,79-80H,3-11,13,15-17,19-40,42-64,66-68,70-73H2,1-2H3,(H,78,81)/b14-12-,41-18-,69-65+. The van der Waals surface area contributed by atoms with Crippen molar-refractivity contribution in [3.63, 3.8) is 0 Å². The SMILES string of the molecule is CCCCC/C=C\C/C=C\CCCCCCCC(=O)OCCCCCCCCCCCCCCCCCCCCCCCCCCCCCCCCCC(=O)NC(CO)C(O)/C=C/CCCCCCCCCCCCCCCCCCCC. The van der Waals surface area contributed by atoms with Crippen LogP contribution in [0.25, 0.3) is 0 Å². The molecule has 6 heteroatoms. The molecule has 1 amide bonds. The third-order valence-corrected chi connectivity index (χ3v) is 17.7. The molecule has 0 saturated heterocycles. The van der Waals surface area contributed by atoms with Crippen LogP contribution < -0.4 is 5.32 Å². The fourth-order valence-electron chi connectivity index (χ4n) is 11.9. The Morgan fingerprint density at radius 1 is 0.337 bits per heavy atom. The summed E-state index contributed by atoms with van der Waals surface area (Å²) in [5, 5.41) is 23.3. The number of unbranched alkanes of at least 4 members (excludes halogenated alkanes) is 56. The number of hydrogen-bond acceptors (Lipinski definition) is 5. The Morgan fingerprint density at radius 2 is 0.602 bits per heavy atom. The van der Waals surface area contributed by atoms with Crippen molar-refractivity contribution < 1.29 is 24.5 Å². The predicted octanol–water partition coefficient (Wildman–Crippen LogP) is 24.7. The predicted molar refractivity (Wildman–Crippen MR) is 366 cm³/mol. The molecule has 0 saturated carbocycles. The molecule has 3 N–H and O–H groups in total. The lowest BCUT2D eigenvalue weighted by Gasteiger charge is -2.20. The number of aliphatic hydroxyl groups is 2. The molecule has 0 aliphatic heterocycles. The molecule has 0 rings (SSSR count). The minimum Gasteiger partial charge on any atom is -0.466 e. The van der Waals surface area contributed by atoms with Gasteiger partial charge in [0.2, 0.25) is 5.91 Å². The third-order valence-electron chi connectivity index (χ3n) is 17.7. The minimum absolute atomic E-state index is 0.00687. The lowest BCUT2D eigenvalue weighted by Crippen LogP contribution is -2.45. The van der Waals surface area contributed by atoms with Gasteiger partial charge in [0, 0.05) is 12.8 Å². The van der Waals surface area contributed by atoms with Crippen LogP contribution in [0.15, 0.2) is 36.5 Å². The van der Waals surface area contributed by atoms with E-state index in [-0.39, 0.29) is 18.5 Å². The molecule has 0 radical (unpaired) electrons. The second kappa shape index (κ2) is 72.6. The van der Waals surface area contributed by atoms with E-state index in [1.54, 1.807) is 6.08 Å². The molecule has 0 bridgehead atoms. The van der Waals surface area contributed by atoms with Gasteiger partial charge in [-0.2, -0.15) is 0 Å². The Kier molecular flexibility index (Phi) is 70.9. The van der Waals surface area contributed by atoms with Gasteiger partial charge in [-0.3, -0.25) is 9.59 Å². The van der Waals surface area contributed by atoms with E-state index in [0.717, 1.165) is 51.4 Å². The molecule has 2 atom stereocenters. The molecule has 6 nitrogen and oxygen atoms in total. The van der Waals surface area contributed by atoms with E-state index < -0.39 is 12.1 Å². The minimum atomic E-state index is -0.843. The molecule has 0 fully saturated rings. The number of carbonyl (C=O) groups is 2. The first kappa shape index (κ1) is 81.1. The van der Waals surface area contributed by atoms with Gasteiger partial charge in [-0.15, -0.1) is 0 Å². The Hall–Kier alpha value is -1.92. The van der Waals surface area contributed by atoms with Crippen LogP contribution in [0.3, 0.4) is 0 Å². The zero-order valence-electron chi connectivity index (χ0n) is 56.2. The number of aliphatic hydroxyl groups excluding tert-OH is 2. The maximum absolute atomic E-state index is 12.5. The normalized spacial score (nSPS) is 12.7. The summed E-state index contributed by atoms with van der Waals surface area (Å²) in [5.41, 5.74) is 0. The topological polar surface area (TPSA) is 95.9 Å². The van der Waals surface area contributed by atoms with Crippen molar-refractivity contribution in [2.75, 3.05) is 13.2 Å². The Balaban J connectivity index is 3.36. The number of allylic oxidation sites excluding steroid dienone is 5. The third kappa shape index (κ3) is 69.1. The number of amides is 1.